The second-order valence-electron chi connectivity index (χ2n) is 4.94. The van der Waals surface area contributed by atoms with Crippen LogP contribution in [0, 0.1) is 0 Å². The van der Waals surface area contributed by atoms with E-state index in [1.54, 1.807) is 23.7 Å². The first-order chi connectivity index (χ1) is 10.2. The van der Waals surface area contributed by atoms with Gasteiger partial charge in [-0.25, -0.2) is 4.98 Å². The number of hydrogen-bond acceptors (Lipinski definition) is 4. The third-order valence-corrected chi connectivity index (χ3v) is 4.09. The zero-order valence-electron chi connectivity index (χ0n) is 12.6. The van der Waals surface area contributed by atoms with Crippen LogP contribution in [0.15, 0.2) is 29.9 Å². The van der Waals surface area contributed by atoms with E-state index in [2.05, 4.69) is 23.8 Å². The van der Waals surface area contributed by atoms with E-state index >= 15 is 0 Å². The summed E-state index contributed by atoms with van der Waals surface area (Å²) in [5.74, 6) is 0.172. The minimum Gasteiger partial charge on any atom is -0.342 e. The molecule has 2 aromatic rings. The molecule has 0 saturated heterocycles. The highest BCUT2D eigenvalue weighted by atomic mass is 32.1. The molecule has 2 heterocycles. The monoisotopic (exact) mass is 303 g/mol. The van der Waals surface area contributed by atoms with Crippen molar-refractivity contribution in [3.05, 3.63) is 35.6 Å². The Bertz CT molecular complexity index is 562. The summed E-state index contributed by atoms with van der Waals surface area (Å²) >= 11 is 1.57. The van der Waals surface area contributed by atoms with Crippen molar-refractivity contribution in [2.45, 2.75) is 33.1 Å². The molecule has 0 aliphatic rings. The minimum atomic E-state index is 0.172. The molecular formula is C16H21N3OS. The van der Waals surface area contributed by atoms with Crippen LogP contribution < -0.4 is 0 Å². The predicted octanol–water partition coefficient (Wildman–Crippen LogP) is 3.40. The molecule has 0 aliphatic carbocycles. The van der Waals surface area contributed by atoms with Gasteiger partial charge in [0.15, 0.2) is 0 Å². The van der Waals surface area contributed by atoms with Crippen molar-refractivity contribution in [2.24, 2.45) is 0 Å². The number of pyridine rings is 1. The fraction of sp³-hybridized carbons (Fsp3) is 0.438. The van der Waals surface area contributed by atoms with Crippen LogP contribution in [0.4, 0.5) is 0 Å². The van der Waals surface area contributed by atoms with Crippen LogP contribution in [0.25, 0.3) is 10.6 Å². The molecule has 21 heavy (non-hydrogen) atoms. The Kier molecular flexibility index (Phi) is 5.87. The Labute approximate surface area is 129 Å². The number of amides is 1. The highest BCUT2D eigenvalue weighted by Crippen LogP contribution is 2.23. The standard InChI is InChI=1S/C16H21N3OS/c1-3-9-19(10-4-2)15(20)11-14-12-21-16(18-14)13-5-7-17-8-6-13/h5-8,12H,3-4,9-11H2,1-2H3. The molecule has 0 saturated carbocycles. The number of rotatable bonds is 7. The van der Waals surface area contributed by atoms with Crippen molar-refractivity contribution in [2.75, 3.05) is 13.1 Å². The molecule has 0 aliphatic heterocycles. The van der Waals surface area contributed by atoms with E-state index < -0.39 is 0 Å². The molecule has 0 bridgehead atoms. The fourth-order valence-corrected chi connectivity index (χ4v) is 3.01. The molecule has 2 aromatic heterocycles. The molecule has 4 nitrogen and oxygen atoms in total. The van der Waals surface area contributed by atoms with Gasteiger partial charge in [0.1, 0.15) is 5.01 Å². The van der Waals surface area contributed by atoms with Gasteiger partial charge >= 0.3 is 0 Å². The highest BCUT2D eigenvalue weighted by molar-refractivity contribution is 7.13. The Morgan fingerprint density at radius 2 is 1.86 bits per heavy atom. The number of nitrogens with zero attached hydrogens (tertiary/aromatic N) is 3. The molecule has 0 fully saturated rings. The molecular weight excluding hydrogens is 282 g/mol. The van der Waals surface area contributed by atoms with E-state index in [9.17, 15) is 4.79 Å². The normalized spacial score (nSPS) is 10.6. The van der Waals surface area contributed by atoms with Crippen LogP contribution >= 0.6 is 11.3 Å². The summed E-state index contributed by atoms with van der Waals surface area (Å²) in [4.78, 5) is 22.8. The SMILES string of the molecule is CCCN(CCC)C(=O)Cc1csc(-c2ccncc2)n1. The van der Waals surface area contributed by atoms with Crippen molar-refractivity contribution >= 4 is 17.2 Å². The van der Waals surface area contributed by atoms with Gasteiger partial charge in [-0.15, -0.1) is 11.3 Å². The van der Waals surface area contributed by atoms with Gasteiger partial charge in [-0.1, -0.05) is 13.8 Å². The first-order valence-corrected chi connectivity index (χ1v) is 8.25. The van der Waals surface area contributed by atoms with Crippen LogP contribution in [0.1, 0.15) is 32.4 Å². The second kappa shape index (κ2) is 7.88. The maximum Gasteiger partial charge on any atom is 0.228 e. The van der Waals surface area contributed by atoms with Crippen molar-refractivity contribution < 1.29 is 4.79 Å². The molecule has 2 rings (SSSR count). The van der Waals surface area contributed by atoms with E-state index in [0.717, 1.165) is 42.2 Å². The smallest absolute Gasteiger partial charge is 0.228 e. The molecule has 1 amide bonds. The first-order valence-electron chi connectivity index (χ1n) is 7.37. The number of thiazole rings is 1. The van der Waals surface area contributed by atoms with Crippen LogP contribution in [0.3, 0.4) is 0 Å². The van der Waals surface area contributed by atoms with Gasteiger partial charge in [-0.3, -0.25) is 9.78 Å². The quantitative estimate of drug-likeness (QED) is 0.787. The van der Waals surface area contributed by atoms with Gasteiger partial charge < -0.3 is 4.90 Å². The molecule has 0 unspecified atom stereocenters. The molecule has 0 spiro atoms. The Balaban J connectivity index is 2.03. The molecule has 0 radical (unpaired) electrons. The van der Waals surface area contributed by atoms with E-state index in [1.807, 2.05) is 22.4 Å². The van der Waals surface area contributed by atoms with Crippen LogP contribution in [-0.2, 0) is 11.2 Å². The van der Waals surface area contributed by atoms with E-state index in [4.69, 9.17) is 0 Å². The van der Waals surface area contributed by atoms with Crippen LogP contribution in [0.5, 0.6) is 0 Å². The van der Waals surface area contributed by atoms with Crippen molar-refractivity contribution in [1.82, 2.24) is 14.9 Å². The number of carbonyl (C=O) groups excluding carboxylic acids is 1. The number of aromatic nitrogens is 2. The van der Waals surface area contributed by atoms with Crippen molar-refractivity contribution in [3.8, 4) is 10.6 Å². The third-order valence-electron chi connectivity index (χ3n) is 3.15. The van der Waals surface area contributed by atoms with Crippen molar-refractivity contribution in [3.63, 3.8) is 0 Å². The lowest BCUT2D eigenvalue weighted by molar-refractivity contribution is -0.130. The Hall–Kier alpha value is -1.75. The van der Waals surface area contributed by atoms with Gasteiger partial charge in [-0.05, 0) is 25.0 Å². The molecule has 112 valence electrons. The zero-order valence-corrected chi connectivity index (χ0v) is 13.4. The first kappa shape index (κ1) is 15.6. The second-order valence-corrected chi connectivity index (χ2v) is 5.80. The fourth-order valence-electron chi connectivity index (χ4n) is 2.18. The summed E-state index contributed by atoms with van der Waals surface area (Å²) in [7, 11) is 0. The van der Waals surface area contributed by atoms with E-state index in [-0.39, 0.29) is 5.91 Å². The molecule has 0 atom stereocenters. The van der Waals surface area contributed by atoms with Crippen LogP contribution in [0.2, 0.25) is 0 Å². The lowest BCUT2D eigenvalue weighted by atomic mass is 10.2. The highest BCUT2D eigenvalue weighted by Gasteiger charge is 2.14. The maximum absolute atomic E-state index is 12.3. The summed E-state index contributed by atoms with van der Waals surface area (Å²) in [5, 5.41) is 2.92. The molecule has 0 N–H and O–H groups in total. The topological polar surface area (TPSA) is 46.1 Å². The minimum absolute atomic E-state index is 0.172. The van der Waals surface area contributed by atoms with E-state index in [0.29, 0.717) is 6.42 Å². The summed E-state index contributed by atoms with van der Waals surface area (Å²) in [6.45, 7) is 5.85. The molecule has 0 aromatic carbocycles. The van der Waals surface area contributed by atoms with Gasteiger partial charge in [0.05, 0.1) is 12.1 Å². The van der Waals surface area contributed by atoms with Gasteiger partial charge in [-0.2, -0.15) is 0 Å². The third kappa shape index (κ3) is 4.36. The lowest BCUT2D eigenvalue weighted by Gasteiger charge is -2.20. The summed E-state index contributed by atoms with van der Waals surface area (Å²) in [5.41, 5.74) is 1.90. The summed E-state index contributed by atoms with van der Waals surface area (Å²) < 4.78 is 0. The molecule has 5 heteroatoms. The van der Waals surface area contributed by atoms with Crippen LogP contribution in [-0.4, -0.2) is 33.9 Å². The average Bonchev–Trinajstić information content (AvgIpc) is 2.96. The largest absolute Gasteiger partial charge is 0.342 e. The van der Waals surface area contributed by atoms with Crippen molar-refractivity contribution in [1.29, 1.82) is 0 Å². The number of hydrogen-bond donors (Lipinski definition) is 0. The lowest BCUT2D eigenvalue weighted by Crippen LogP contribution is -2.33. The predicted molar refractivity (Wildman–Crippen MR) is 86.2 cm³/mol. The average molecular weight is 303 g/mol. The van der Waals surface area contributed by atoms with Gasteiger partial charge in [0.25, 0.3) is 0 Å². The van der Waals surface area contributed by atoms with Gasteiger partial charge in [0.2, 0.25) is 5.91 Å². The Morgan fingerprint density at radius 1 is 1.19 bits per heavy atom. The van der Waals surface area contributed by atoms with Gasteiger partial charge in [0, 0.05) is 36.4 Å². The Morgan fingerprint density at radius 3 is 2.48 bits per heavy atom. The zero-order chi connectivity index (χ0) is 15.1. The van der Waals surface area contributed by atoms with E-state index in [1.165, 1.54) is 0 Å². The maximum atomic E-state index is 12.3. The summed E-state index contributed by atoms with van der Waals surface area (Å²) in [6, 6.07) is 3.87. The number of carbonyl (C=O) groups is 1. The summed E-state index contributed by atoms with van der Waals surface area (Å²) in [6.07, 6.45) is 5.88.